The minimum absolute atomic E-state index is 0.286. The molecule has 1 aromatic rings. The van der Waals surface area contributed by atoms with Crippen LogP contribution in [0, 0.1) is 5.82 Å². The van der Waals surface area contributed by atoms with Crippen molar-refractivity contribution in [3.63, 3.8) is 0 Å². The summed E-state index contributed by atoms with van der Waals surface area (Å²) >= 11 is 0. The van der Waals surface area contributed by atoms with Gasteiger partial charge in [-0.3, -0.25) is 0 Å². The van der Waals surface area contributed by atoms with E-state index in [1.165, 1.54) is 12.1 Å². The molecule has 0 radical (unpaired) electrons. The van der Waals surface area contributed by atoms with E-state index in [9.17, 15) is 4.39 Å². The topological polar surface area (TPSA) is 38.0 Å². The molecule has 1 aromatic carbocycles. The quantitative estimate of drug-likeness (QED) is 0.694. The van der Waals surface area contributed by atoms with Crippen LogP contribution in [0.15, 0.2) is 24.8 Å². The summed E-state index contributed by atoms with van der Waals surface area (Å²) in [6.07, 6.45) is 1.30. The molecular weight excluding hydrogens is 167 g/mol. The molecule has 0 fully saturated rings. The average Bonchev–Trinajstić information content (AvgIpc) is 2.16. The summed E-state index contributed by atoms with van der Waals surface area (Å²) in [4.78, 5) is 0. The Labute approximate surface area is 77.3 Å². The maximum atomic E-state index is 12.9. The fraction of sp³-hybridized carbons (Fsp3) is 0.200. The molecule has 1 unspecified atom stereocenters. The van der Waals surface area contributed by atoms with Crippen molar-refractivity contribution in [2.24, 2.45) is 5.73 Å². The molecule has 0 aliphatic heterocycles. The number of benzene rings is 1. The first-order chi connectivity index (χ1) is 6.19. The van der Waals surface area contributed by atoms with Gasteiger partial charge in [-0.05, 0) is 30.3 Å². The van der Waals surface area contributed by atoms with Gasteiger partial charge in [0.2, 0.25) is 0 Å². The summed E-state index contributed by atoms with van der Waals surface area (Å²) in [6, 6.07) is 4.47. The lowest BCUT2D eigenvalue weighted by Crippen LogP contribution is -2.25. The van der Waals surface area contributed by atoms with Gasteiger partial charge in [0.15, 0.2) is 0 Å². The number of rotatable bonds is 3. The first-order valence-electron chi connectivity index (χ1n) is 4.03. The highest BCUT2D eigenvalue weighted by Crippen LogP contribution is 2.16. The molecule has 0 heterocycles. The smallest absolute Gasteiger partial charge is 0.123 e. The van der Waals surface area contributed by atoms with Crippen molar-refractivity contribution in [3.05, 3.63) is 41.7 Å². The Morgan fingerprint density at radius 1 is 1.62 bits per heavy atom. The standard InChI is InChI=1S/C10H13FN2/c1-3-7-4-5-8(11)6-9(7)10(12)13-2/h3-6,10,13H,1,12H2,2H3. The predicted molar refractivity (Wildman–Crippen MR) is 52.5 cm³/mol. The Bertz CT molecular complexity index is 310. The fourth-order valence-electron chi connectivity index (χ4n) is 1.16. The summed E-state index contributed by atoms with van der Waals surface area (Å²) < 4.78 is 12.9. The zero-order valence-corrected chi connectivity index (χ0v) is 7.55. The molecule has 0 amide bonds. The lowest BCUT2D eigenvalue weighted by atomic mass is 10.1. The SMILES string of the molecule is C=Cc1ccc(F)cc1C(N)NC. The highest BCUT2D eigenvalue weighted by molar-refractivity contribution is 5.52. The molecule has 0 aliphatic rings. The van der Waals surface area contributed by atoms with Crippen LogP contribution >= 0.6 is 0 Å². The fourth-order valence-corrected chi connectivity index (χ4v) is 1.16. The van der Waals surface area contributed by atoms with Crippen LogP contribution in [0.2, 0.25) is 0 Å². The Morgan fingerprint density at radius 3 is 2.85 bits per heavy atom. The number of nitrogens with one attached hydrogen (secondary N) is 1. The van der Waals surface area contributed by atoms with Crippen LogP contribution in [-0.4, -0.2) is 7.05 Å². The van der Waals surface area contributed by atoms with E-state index < -0.39 is 0 Å². The zero-order valence-electron chi connectivity index (χ0n) is 7.55. The molecule has 0 spiro atoms. The molecule has 0 saturated heterocycles. The number of hydrogen-bond donors (Lipinski definition) is 2. The monoisotopic (exact) mass is 180 g/mol. The van der Waals surface area contributed by atoms with Gasteiger partial charge in [0.1, 0.15) is 5.82 Å². The molecule has 3 heteroatoms. The van der Waals surface area contributed by atoms with Crippen LogP contribution in [0.1, 0.15) is 17.3 Å². The van der Waals surface area contributed by atoms with Gasteiger partial charge in [0, 0.05) is 0 Å². The Balaban J connectivity index is 3.15. The third-order valence-electron chi connectivity index (χ3n) is 1.91. The van der Waals surface area contributed by atoms with Crippen LogP contribution in [-0.2, 0) is 0 Å². The van der Waals surface area contributed by atoms with E-state index in [1.807, 2.05) is 0 Å². The molecular formula is C10H13FN2. The molecule has 2 nitrogen and oxygen atoms in total. The van der Waals surface area contributed by atoms with Gasteiger partial charge in [-0.1, -0.05) is 18.7 Å². The minimum Gasteiger partial charge on any atom is -0.312 e. The summed E-state index contributed by atoms with van der Waals surface area (Å²) in [5, 5.41) is 2.85. The second-order valence-electron chi connectivity index (χ2n) is 2.74. The Morgan fingerprint density at radius 2 is 2.31 bits per heavy atom. The second kappa shape index (κ2) is 4.16. The van der Waals surface area contributed by atoms with Crippen molar-refractivity contribution >= 4 is 6.08 Å². The normalized spacial score (nSPS) is 12.5. The zero-order chi connectivity index (χ0) is 9.84. The third kappa shape index (κ3) is 2.14. The van der Waals surface area contributed by atoms with Crippen LogP contribution in [0.3, 0.4) is 0 Å². The van der Waals surface area contributed by atoms with Crippen molar-refractivity contribution in [1.29, 1.82) is 0 Å². The van der Waals surface area contributed by atoms with E-state index in [4.69, 9.17) is 5.73 Å². The maximum absolute atomic E-state index is 12.9. The van der Waals surface area contributed by atoms with E-state index in [0.717, 1.165) is 11.1 Å². The second-order valence-corrected chi connectivity index (χ2v) is 2.74. The van der Waals surface area contributed by atoms with Crippen molar-refractivity contribution < 1.29 is 4.39 Å². The molecule has 0 aliphatic carbocycles. The van der Waals surface area contributed by atoms with Gasteiger partial charge in [-0.15, -0.1) is 0 Å². The van der Waals surface area contributed by atoms with Gasteiger partial charge < -0.3 is 11.1 Å². The number of halogens is 1. The van der Waals surface area contributed by atoms with Crippen LogP contribution in [0.25, 0.3) is 6.08 Å². The summed E-state index contributed by atoms with van der Waals surface area (Å²) in [7, 11) is 1.72. The van der Waals surface area contributed by atoms with E-state index in [1.54, 1.807) is 19.2 Å². The van der Waals surface area contributed by atoms with Gasteiger partial charge in [0.05, 0.1) is 6.17 Å². The molecule has 70 valence electrons. The van der Waals surface area contributed by atoms with E-state index in [0.29, 0.717) is 0 Å². The van der Waals surface area contributed by atoms with Crippen molar-refractivity contribution in [2.75, 3.05) is 7.05 Å². The van der Waals surface area contributed by atoms with Gasteiger partial charge in [-0.2, -0.15) is 0 Å². The Hall–Kier alpha value is -1.19. The summed E-state index contributed by atoms with van der Waals surface area (Å²) in [6.45, 7) is 3.63. The minimum atomic E-state index is -0.358. The van der Waals surface area contributed by atoms with E-state index >= 15 is 0 Å². The predicted octanol–water partition coefficient (Wildman–Crippen LogP) is 1.65. The Kier molecular flexibility index (Phi) is 3.17. The highest BCUT2D eigenvalue weighted by atomic mass is 19.1. The number of nitrogens with two attached hydrogens (primary N) is 1. The molecule has 0 saturated carbocycles. The molecule has 3 N–H and O–H groups in total. The summed E-state index contributed by atoms with van der Waals surface area (Å²) in [5.74, 6) is -0.286. The van der Waals surface area contributed by atoms with Crippen LogP contribution in [0.4, 0.5) is 4.39 Å². The van der Waals surface area contributed by atoms with Gasteiger partial charge in [-0.25, -0.2) is 4.39 Å². The van der Waals surface area contributed by atoms with E-state index in [-0.39, 0.29) is 12.0 Å². The molecule has 0 aromatic heterocycles. The van der Waals surface area contributed by atoms with Crippen molar-refractivity contribution in [2.45, 2.75) is 6.17 Å². The van der Waals surface area contributed by atoms with Crippen LogP contribution < -0.4 is 11.1 Å². The molecule has 0 bridgehead atoms. The van der Waals surface area contributed by atoms with Crippen LogP contribution in [0.5, 0.6) is 0 Å². The molecule has 1 rings (SSSR count). The molecule has 13 heavy (non-hydrogen) atoms. The lowest BCUT2D eigenvalue weighted by molar-refractivity contribution is 0.595. The maximum Gasteiger partial charge on any atom is 0.123 e. The van der Waals surface area contributed by atoms with Crippen molar-refractivity contribution in [1.82, 2.24) is 5.32 Å². The highest BCUT2D eigenvalue weighted by Gasteiger charge is 2.07. The molecule has 1 atom stereocenters. The average molecular weight is 180 g/mol. The summed E-state index contributed by atoms with van der Waals surface area (Å²) in [5.41, 5.74) is 7.28. The third-order valence-corrected chi connectivity index (χ3v) is 1.91. The lowest BCUT2D eigenvalue weighted by Gasteiger charge is -2.13. The number of hydrogen-bond acceptors (Lipinski definition) is 2. The van der Waals surface area contributed by atoms with E-state index in [2.05, 4.69) is 11.9 Å². The van der Waals surface area contributed by atoms with Gasteiger partial charge in [0.25, 0.3) is 0 Å². The van der Waals surface area contributed by atoms with Crippen molar-refractivity contribution in [3.8, 4) is 0 Å². The first-order valence-corrected chi connectivity index (χ1v) is 4.03. The van der Waals surface area contributed by atoms with Gasteiger partial charge >= 0.3 is 0 Å². The first kappa shape index (κ1) is 9.89. The largest absolute Gasteiger partial charge is 0.312 e.